The molecular weight excluding hydrogens is 219 g/mol. The molecule has 2 N–H and O–H groups in total. The van der Waals surface area contributed by atoms with Crippen LogP contribution in [0.4, 0.5) is 13.2 Å². The minimum absolute atomic E-state index is 0.0716. The maximum absolute atomic E-state index is 11.6. The molecule has 0 aromatic carbocycles. The van der Waals surface area contributed by atoms with Crippen LogP contribution in [-0.4, -0.2) is 41.3 Å². The number of alkyl halides is 3. The zero-order chi connectivity index (χ0) is 11.2. The van der Waals surface area contributed by atoms with E-state index < -0.39 is 18.6 Å². The topological polar surface area (TPSA) is 49.3 Å². The number of aliphatic hydroxyl groups is 1. The lowest BCUT2D eigenvalue weighted by atomic mass is 10.5. The Bertz CT molecular complexity index is 186. The first-order chi connectivity index (χ1) is 6.35. The van der Waals surface area contributed by atoms with E-state index in [1.165, 1.54) is 0 Å². The monoisotopic (exact) mass is 231 g/mol. The van der Waals surface area contributed by atoms with Gasteiger partial charge in [-0.05, 0) is 0 Å². The predicted octanol–water partition coefficient (Wildman–Crippen LogP) is 0.779. The van der Waals surface area contributed by atoms with Gasteiger partial charge in [-0.2, -0.15) is 13.2 Å². The molecular formula is C7H12F3NO2S. The number of carbonyl (C=O) groups is 1. The fourth-order valence-corrected chi connectivity index (χ4v) is 1.16. The third kappa shape index (κ3) is 8.18. The van der Waals surface area contributed by atoms with Gasteiger partial charge in [0.05, 0.1) is 12.4 Å². The maximum atomic E-state index is 11.6. The first-order valence-corrected chi connectivity index (χ1v) is 4.96. The van der Waals surface area contributed by atoms with E-state index >= 15 is 0 Å². The summed E-state index contributed by atoms with van der Waals surface area (Å²) in [4.78, 5) is 10.8. The summed E-state index contributed by atoms with van der Waals surface area (Å²) in [7, 11) is 0. The zero-order valence-corrected chi connectivity index (χ0v) is 8.41. The third-order valence-electron chi connectivity index (χ3n) is 1.24. The predicted molar refractivity (Wildman–Crippen MR) is 48.1 cm³/mol. The Kier molecular flexibility index (Phi) is 5.94. The van der Waals surface area contributed by atoms with Crippen molar-refractivity contribution in [2.75, 3.05) is 18.9 Å². The van der Waals surface area contributed by atoms with E-state index in [0.717, 1.165) is 11.8 Å². The van der Waals surface area contributed by atoms with Crippen molar-refractivity contribution < 1.29 is 23.1 Å². The van der Waals surface area contributed by atoms with Gasteiger partial charge in [-0.25, -0.2) is 0 Å². The number of hydrogen-bond donors (Lipinski definition) is 2. The molecule has 0 aliphatic heterocycles. The molecule has 0 fully saturated rings. The van der Waals surface area contributed by atoms with Crippen LogP contribution in [0.15, 0.2) is 0 Å². The first kappa shape index (κ1) is 13.6. The molecule has 1 amide bonds. The Hall–Kier alpha value is -0.430. The van der Waals surface area contributed by atoms with Crippen molar-refractivity contribution in [3.63, 3.8) is 0 Å². The fraction of sp³-hybridized carbons (Fsp3) is 0.857. The summed E-state index contributed by atoms with van der Waals surface area (Å²) < 4.78 is 34.9. The van der Waals surface area contributed by atoms with Gasteiger partial charge in [-0.1, -0.05) is 6.92 Å². The van der Waals surface area contributed by atoms with Gasteiger partial charge >= 0.3 is 6.18 Å². The van der Waals surface area contributed by atoms with Crippen molar-refractivity contribution in [2.24, 2.45) is 0 Å². The second-order valence-electron chi connectivity index (χ2n) is 2.70. The van der Waals surface area contributed by atoms with Crippen molar-refractivity contribution in [3.8, 4) is 0 Å². The highest BCUT2D eigenvalue weighted by Crippen LogP contribution is 2.13. The molecule has 3 nitrogen and oxygen atoms in total. The molecule has 7 heteroatoms. The minimum Gasteiger partial charge on any atom is -0.395 e. The van der Waals surface area contributed by atoms with Crippen LogP contribution < -0.4 is 5.32 Å². The number of carbonyl (C=O) groups excluding carboxylic acids is 1. The van der Waals surface area contributed by atoms with E-state index in [0.29, 0.717) is 0 Å². The molecule has 0 rings (SSSR count). The van der Waals surface area contributed by atoms with Crippen LogP contribution in [0.25, 0.3) is 0 Å². The molecule has 0 aromatic rings. The molecule has 1 unspecified atom stereocenters. The summed E-state index contributed by atoms with van der Waals surface area (Å²) in [6, 6.07) is 0. The normalized spacial score (nSPS) is 13.8. The minimum atomic E-state index is -4.37. The summed E-state index contributed by atoms with van der Waals surface area (Å²) in [5, 5.41) is 10.2. The smallest absolute Gasteiger partial charge is 0.395 e. The van der Waals surface area contributed by atoms with E-state index in [-0.39, 0.29) is 17.6 Å². The molecule has 0 radical (unpaired) electrons. The molecule has 0 heterocycles. The molecule has 0 spiro atoms. The van der Waals surface area contributed by atoms with E-state index in [1.807, 2.05) is 0 Å². The molecule has 0 aliphatic carbocycles. The standard InChI is InChI=1S/C7H12F3NO2S/c1-5(2-12)14-3-6(13)11-4-7(8,9)10/h5,12H,2-4H2,1H3,(H,11,13). The van der Waals surface area contributed by atoms with Crippen molar-refractivity contribution in [1.29, 1.82) is 0 Å². The van der Waals surface area contributed by atoms with E-state index in [2.05, 4.69) is 0 Å². The van der Waals surface area contributed by atoms with Crippen molar-refractivity contribution in [3.05, 3.63) is 0 Å². The maximum Gasteiger partial charge on any atom is 0.405 e. The SMILES string of the molecule is CC(CO)SCC(=O)NCC(F)(F)F. The van der Waals surface area contributed by atoms with Crippen LogP contribution in [0.3, 0.4) is 0 Å². The van der Waals surface area contributed by atoms with Crippen molar-refractivity contribution in [2.45, 2.75) is 18.3 Å². The average Bonchev–Trinajstić information content (AvgIpc) is 2.09. The van der Waals surface area contributed by atoms with E-state index in [1.54, 1.807) is 12.2 Å². The second-order valence-corrected chi connectivity index (χ2v) is 4.12. The Balaban J connectivity index is 3.57. The lowest BCUT2D eigenvalue weighted by molar-refractivity contribution is -0.136. The number of nitrogens with one attached hydrogen (secondary N) is 1. The van der Waals surface area contributed by atoms with Crippen molar-refractivity contribution in [1.82, 2.24) is 5.32 Å². The molecule has 0 aliphatic rings. The summed E-state index contributed by atoms with van der Waals surface area (Å²) in [6.07, 6.45) is -4.37. The van der Waals surface area contributed by atoms with Crippen LogP contribution >= 0.6 is 11.8 Å². The van der Waals surface area contributed by atoms with Gasteiger partial charge in [0.25, 0.3) is 0 Å². The van der Waals surface area contributed by atoms with Gasteiger partial charge in [-0.15, -0.1) is 11.8 Å². The molecule has 0 saturated carbocycles. The Morgan fingerprint density at radius 3 is 2.57 bits per heavy atom. The summed E-state index contributed by atoms with van der Waals surface area (Å²) >= 11 is 1.11. The van der Waals surface area contributed by atoms with Crippen LogP contribution in [0, 0.1) is 0 Å². The number of halogens is 3. The van der Waals surface area contributed by atoms with Crippen LogP contribution in [0.5, 0.6) is 0 Å². The van der Waals surface area contributed by atoms with Crippen LogP contribution in [-0.2, 0) is 4.79 Å². The van der Waals surface area contributed by atoms with E-state index in [4.69, 9.17) is 5.11 Å². The number of rotatable bonds is 5. The van der Waals surface area contributed by atoms with Crippen molar-refractivity contribution >= 4 is 17.7 Å². The molecule has 1 atom stereocenters. The third-order valence-corrected chi connectivity index (χ3v) is 2.39. The number of aliphatic hydroxyl groups excluding tert-OH is 1. The van der Waals surface area contributed by atoms with Gasteiger partial charge in [0.15, 0.2) is 0 Å². The highest BCUT2D eigenvalue weighted by Gasteiger charge is 2.27. The summed E-state index contributed by atoms with van der Waals surface area (Å²) in [5.74, 6) is -0.745. The largest absolute Gasteiger partial charge is 0.405 e. The zero-order valence-electron chi connectivity index (χ0n) is 7.60. The number of amides is 1. The summed E-state index contributed by atoms with van der Waals surface area (Å²) in [5.41, 5.74) is 0. The van der Waals surface area contributed by atoms with Crippen LogP contribution in [0.2, 0.25) is 0 Å². The number of hydrogen-bond acceptors (Lipinski definition) is 3. The quantitative estimate of drug-likeness (QED) is 0.735. The van der Waals surface area contributed by atoms with Gasteiger partial charge in [0.2, 0.25) is 5.91 Å². The van der Waals surface area contributed by atoms with Crippen LogP contribution in [0.1, 0.15) is 6.92 Å². The molecule has 0 bridgehead atoms. The lowest BCUT2D eigenvalue weighted by Crippen LogP contribution is -2.35. The Labute approximate surface area is 84.1 Å². The van der Waals surface area contributed by atoms with Gasteiger partial charge in [0, 0.05) is 5.25 Å². The number of thioether (sulfide) groups is 1. The van der Waals surface area contributed by atoms with Gasteiger partial charge in [-0.3, -0.25) is 4.79 Å². The Morgan fingerprint density at radius 2 is 2.14 bits per heavy atom. The molecule has 14 heavy (non-hydrogen) atoms. The van der Waals surface area contributed by atoms with Gasteiger partial charge in [0.1, 0.15) is 6.54 Å². The highest BCUT2D eigenvalue weighted by molar-refractivity contribution is 8.00. The highest BCUT2D eigenvalue weighted by atomic mass is 32.2. The van der Waals surface area contributed by atoms with E-state index in [9.17, 15) is 18.0 Å². The first-order valence-electron chi connectivity index (χ1n) is 3.91. The molecule has 84 valence electrons. The average molecular weight is 231 g/mol. The molecule has 0 aromatic heterocycles. The second kappa shape index (κ2) is 6.13. The molecule has 0 saturated heterocycles. The Morgan fingerprint density at radius 1 is 1.57 bits per heavy atom. The lowest BCUT2D eigenvalue weighted by Gasteiger charge is -2.09. The summed E-state index contributed by atoms with van der Waals surface area (Å²) in [6.45, 7) is 0.277. The van der Waals surface area contributed by atoms with Gasteiger partial charge < -0.3 is 10.4 Å². The fourth-order valence-electron chi connectivity index (χ4n) is 0.520.